The fourth-order valence-electron chi connectivity index (χ4n) is 6.98. The fourth-order valence-corrected chi connectivity index (χ4v) is 6.98. The van der Waals surface area contributed by atoms with Gasteiger partial charge in [0.2, 0.25) is 0 Å². The second-order valence-electron chi connectivity index (χ2n) is 12.4. The lowest BCUT2D eigenvalue weighted by molar-refractivity contribution is -0.115. The number of aromatic nitrogens is 4. The zero-order chi connectivity index (χ0) is 33.4. The number of hydrogen-bond acceptors (Lipinski definition) is 5. The highest BCUT2D eigenvalue weighted by molar-refractivity contribution is 6.41. The minimum absolute atomic E-state index is 0.195. The molecule has 1 amide bonds. The predicted octanol–water partition coefficient (Wildman–Crippen LogP) is 8.15. The Balaban J connectivity index is 1.32. The molecule has 0 saturated heterocycles. The summed E-state index contributed by atoms with van der Waals surface area (Å²) in [6.07, 6.45) is 3.99. The van der Waals surface area contributed by atoms with Crippen molar-refractivity contribution in [3.8, 4) is 11.3 Å². The van der Waals surface area contributed by atoms with Gasteiger partial charge in [-0.1, -0.05) is 97.1 Å². The molecule has 0 radical (unpaired) electrons. The Morgan fingerprint density at radius 2 is 1.39 bits per heavy atom. The summed E-state index contributed by atoms with van der Waals surface area (Å²) in [4.78, 5) is 27.4. The number of hydrogen-bond donors (Lipinski definition) is 1. The molecule has 3 aromatic heterocycles. The number of amides is 1. The van der Waals surface area contributed by atoms with Gasteiger partial charge in [0.25, 0.3) is 5.91 Å². The number of aryl methyl sites for hydroxylation is 1. The van der Waals surface area contributed by atoms with Crippen LogP contribution in [0.3, 0.4) is 0 Å². The second kappa shape index (κ2) is 12.4. The van der Waals surface area contributed by atoms with Crippen LogP contribution in [0.25, 0.3) is 22.2 Å². The zero-order valence-electron chi connectivity index (χ0n) is 27.3. The number of nitrogens with zero attached hydrogens (tertiary/aromatic N) is 5. The lowest BCUT2D eigenvalue weighted by Gasteiger charge is -2.37. The number of carbonyl (C=O) groups is 1. The molecule has 1 unspecified atom stereocenters. The molecule has 1 aliphatic rings. The summed E-state index contributed by atoms with van der Waals surface area (Å²) in [5, 5.41) is 9.55. The summed E-state index contributed by atoms with van der Waals surface area (Å²) in [6.45, 7) is 3.90. The molecule has 4 aromatic carbocycles. The Kier molecular flexibility index (Phi) is 7.65. The largest absolute Gasteiger partial charge is 0.343 e. The van der Waals surface area contributed by atoms with E-state index in [4.69, 9.17) is 10.1 Å². The Morgan fingerprint density at radius 1 is 0.776 bits per heavy atom. The molecule has 0 saturated carbocycles. The Hall–Kier alpha value is -6.21. The van der Waals surface area contributed by atoms with Gasteiger partial charge in [0.05, 0.1) is 22.9 Å². The van der Waals surface area contributed by atoms with Gasteiger partial charge in [0.15, 0.2) is 0 Å². The van der Waals surface area contributed by atoms with E-state index in [1.165, 1.54) is 0 Å². The number of benzene rings is 4. The van der Waals surface area contributed by atoms with Crippen LogP contribution >= 0.6 is 0 Å². The van der Waals surface area contributed by atoms with Gasteiger partial charge in [-0.15, -0.1) is 0 Å². The van der Waals surface area contributed by atoms with Crippen molar-refractivity contribution < 1.29 is 4.79 Å². The molecule has 4 heterocycles. The van der Waals surface area contributed by atoms with Gasteiger partial charge in [-0.25, -0.2) is 9.67 Å². The molecule has 7 heteroatoms. The monoisotopic (exact) mass is 638 g/mol. The number of nitrogens with one attached hydrogen (secondary N) is 1. The molecule has 1 N–H and O–H groups in total. The van der Waals surface area contributed by atoms with Crippen LogP contribution in [0, 0.1) is 6.92 Å². The highest BCUT2D eigenvalue weighted by Gasteiger charge is 2.41. The molecule has 0 spiro atoms. The van der Waals surface area contributed by atoms with Crippen molar-refractivity contribution >= 4 is 28.2 Å². The van der Waals surface area contributed by atoms with Gasteiger partial charge in [-0.2, -0.15) is 5.10 Å². The first-order valence-electron chi connectivity index (χ1n) is 16.5. The van der Waals surface area contributed by atoms with E-state index >= 15 is 0 Å². The van der Waals surface area contributed by atoms with E-state index in [1.54, 1.807) is 12.4 Å². The number of fused-ring (bicyclic) bond motifs is 2. The molecule has 49 heavy (non-hydrogen) atoms. The molecule has 238 valence electrons. The lowest BCUT2D eigenvalue weighted by Crippen LogP contribution is -2.38. The quantitative estimate of drug-likeness (QED) is 0.170. The van der Waals surface area contributed by atoms with Crippen LogP contribution in [-0.4, -0.2) is 31.4 Å². The van der Waals surface area contributed by atoms with E-state index in [-0.39, 0.29) is 11.9 Å². The number of carbonyl (C=O) groups excluding carboxylic acids is 1. The average Bonchev–Trinajstić information content (AvgIpc) is 3.74. The molecular weight excluding hydrogens is 605 g/mol. The van der Waals surface area contributed by atoms with Gasteiger partial charge in [-0.3, -0.25) is 14.8 Å². The summed E-state index contributed by atoms with van der Waals surface area (Å²) >= 11 is 0. The third-order valence-corrected chi connectivity index (χ3v) is 9.30. The van der Waals surface area contributed by atoms with Gasteiger partial charge < -0.3 is 5.32 Å². The highest BCUT2D eigenvalue weighted by Crippen LogP contribution is 2.45. The number of aliphatic imine (C=N–C) groups is 1. The van der Waals surface area contributed by atoms with E-state index in [2.05, 4.69) is 105 Å². The Bertz CT molecular complexity index is 2220. The minimum atomic E-state index is -0.822. The maximum atomic E-state index is 13.6. The van der Waals surface area contributed by atoms with Crippen LogP contribution in [0.1, 0.15) is 46.6 Å². The van der Waals surface area contributed by atoms with Gasteiger partial charge >= 0.3 is 0 Å². The molecule has 0 bridgehead atoms. The third kappa shape index (κ3) is 5.29. The Morgan fingerprint density at radius 3 is 1.98 bits per heavy atom. The van der Waals surface area contributed by atoms with Crippen molar-refractivity contribution in [3.05, 3.63) is 179 Å². The van der Waals surface area contributed by atoms with Gasteiger partial charge in [-0.05, 0) is 72.5 Å². The van der Waals surface area contributed by atoms with E-state index in [0.29, 0.717) is 12.1 Å². The third-order valence-electron chi connectivity index (χ3n) is 9.30. The molecule has 7 nitrogen and oxygen atoms in total. The molecule has 8 rings (SSSR count). The smallest absolute Gasteiger partial charge is 0.266 e. The molecule has 7 aromatic rings. The zero-order valence-corrected chi connectivity index (χ0v) is 27.3. The summed E-state index contributed by atoms with van der Waals surface area (Å²) in [5.74, 6) is -0.195. The highest BCUT2D eigenvalue weighted by atomic mass is 16.2. The van der Waals surface area contributed by atoms with Crippen molar-refractivity contribution in [2.75, 3.05) is 0 Å². The molecule has 0 fully saturated rings. The molecular formula is C42H34N6O. The summed E-state index contributed by atoms with van der Waals surface area (Å²) in [7, 11) is 0. The fraction of sp³-hybridized carbons (Fsp3) is 0.119. The molecule has 0 aliphatic carbocycles. The van der Waals surface area contributed by atoms with Crippen molar-refractivity contribution in [3.63, 3.8) is 0 Å². The standard InChI is InChI=1S/C42H34N6O/c1-28-13-12-20-36(44-28)29(2)45-41(49)38-25-31-26-39-35(27-37(31)46-38)40(30-21-23-43-24-22-30)47-48(39)42(32-14-6-3-7-15-32,33-16-8-4-9-17-33)34-18-10-5-11-19-34/h3-24,26-27,29H,25H2,1-2H3,(H,45,49). The maximum Gasteiger partial charge on any atom is 0.266 e. The van der Waals surface area contributed by atoms with Crippen molar-refractivity contribution in [1.82, 2.24) is 25.1 Å². The normalized spacial score (nSPS) is 13.1. The number of rotatable bonds is 8. The molecule has 1 atom stereocenters. The Labute approximate surface area is 285 Å². The van der Waals surface area contributed by atoms with Crippen molar-refractivity contribution in [2.24, 2.45) is 4.99 Å². The van der Waals surface area contributed by atoms with E-state index in [0.717, 1.165) is 61.5 Å². The first-order valence-corrected chi connectivity index (χ1v) is 16.5. The predicted molar refractivity (Wildman–Crippen MR) is 194 cm³/mol. The van der Waals surface area contributed by atoms with Crippen LogP contribution < -0.4 is 5.32 Å². The first kappa shape index (κ1) is 30.1. The van der Waals surface area contributed by atoms with Crippen LogP contribution in [0.2, 0.25) is 0 Å². The van der Waals surface area contributed by atoms with Crippen LogP contribution in [0.15, 0.2) is 151 Å². The topological polar surface area (TPSA) is 85.1 Å². The van der Waals surface area contributed by atoms with E-state index < -0.39 is 5.54 Å². The molecule has 1 aliphatic heterocycles. The van der Waals surface area contributed by atoms with Gasteiger partial charge in [0, 0.05) is 35.5 Å². The van der Waals surface area contributed by atoms with Gasteiger partial charge in [0.1, 0.15) is 16.9 Å². The lowest BCUT2D eigenvalue weighted by atomic mass is 9.77. The average molecular weight is 639 g/mol. The van der Waals surface area contributed by atoms with E-state index in [9.17, 15) is 4.79 Å². The summed E-state index contributed by atoms with van der Waals surface area (Å²) in [6, 6.07) is 45.4. The maximum absolute atomic E-state index is 13.6. The van der Waals surface area contributed by atoms with Crippen LogP contribution in [0.4, 0.5) is 5.69 Å². The van der Waals surface area contributed by atoms with Crippen molar-refractivity contribution in [1.29, 1.82) is 0 Å². The van der Waals surface area contributed by atoms with Crippen LogP contribution in [0.5, 0.6) is 0 Å². The second-order valence-corrected chi connectivity index (χ2v) is 12.4. The van der Waals surface area contributed by atoms with Crippen LogP contribution in [-0.2, 0) is 16.8 Å². The summed E-state index contributed by atoms with van der Waals surface area (Å²) in [5.41, 5.74) is 9.07. The number of pyridine rings is 2. The SMILES string of the molecule is Cc1cccc(C(C)NC(=O)C2=Nc3cc4c(-c5ccncc5)nn(C(c5ccccc5)(c5ccccc5)c5ccccc5)c4cc3C2)n1. The van der Waals surface area contributed by atoms with E-state index in [1.807, 2.05) is 62.4 Å². The first-order chi connectivity index (χ1) is 24.0. The minimum Gasteiger partial charge on any atom is -0.343 e. The van der Waals surface area contributed by atoms with Crippen molar-refractivity contribution in [2.45, 2.75) is 31.8 Å². The summed E-state index contributed by atoms with van der Waals surface area (Å²) < 4.78 is 2.17.